The van der Waals surface area contributed by atoms with E-state index in [0.29, 0.717) is 36.5 Å². The standard InChI is InChI=1S/C14H17BrClN3O2/c1-14(13(17)18-21)4-6-19(7-5-14)12(20)9-2-3-10(15)11(16)8-9/h2-3,8,21H,4-7H2,1H3,(H2,17,18). The Morgan fingerprint density at radius 2 is 2.10 bits per heavy atom. The van der Waals surface area contributed by atoms with E-state index in [-0.39, 0.29) is 17.2 Å². The molecule has 0 saturated carbocycles. The monoisotopic (exact) mass is 373 g/mol. The largest absolute Gasteiger partial charge is 0.409 e. The summed E-state index contributed by atoms with van der Waals surface area (Å²) in [5.41, 5.74) is 5.93. The van der Waals surface area contributed by atoms with Gasteiger partial charge in [-0.1, -0.05) is 23.7 Å². The van der Waals surface area contributed by atoms with Gasteiger partial charge in [0.05, 0.1) is 5.02 Å². The molecule has 114 valence electrons. The zero-order chi connectivity index (χ0) is 15.6. The molecular weight excluding hydrogens is 358 g/mol. The maximum Gasteiger partial charge on any atom is 0.253 e. The highest BCUT2D eigenvalue weighted by Crippen LogP contribution is 2.32. The maximum absolute atomic E-state index is 12.5. The number of likely N-dealkylation sites (tertiary alicyclic amines) is 1. The van der Waals surface area contributed by atoms with Crippen molar-refractivity contribution >= 4 is 39.3 Å². The summed E-state index contributed by atoms with van der Waals surface area (Å²) in [4.78, 5) is 14.2. The predicted molar refractivity (Wildman–Crippen MR) is 85.8 cm³/mol. The number of halogens is 2. The van der Waals surface area contributed by atoms with Crippen molar-refractivity contribution in [2.24, 2.45) is 16.3 Å². The third-order valence-electron chi connectivity index (χ3n) is 4.05. The topological polar surface area (TPSA) is 78.9 Å². The number of carbonyl (C=O) groups excluding carboxylic acids is 1. The summed E-state index contributed by atoms with van der Waals surface area (Å²) in [5.74, 6) is 0.173. The Kier molecular flexibility index (Phi) is 4.78. The highest BCUT2D eigenvalue weighted by atomic mass is 79.9. The normalized spacial score (nSPS) is 18.6. The van der Waals surface area contributed by atoms with Gasteiger partial charge in [0.2, 0.25) is 0 Å². The smallest absolute Gasteiger partial charge is 0.253 e. The van der Waals surface area contributed by atoms with Gasteiger partial charge in [-0.15, -0.1) is 0 Å². The zero-order valence-electron chi connectivity index (χ0n) is 11.6. The van der Waals surface area contributed by atoms with Crippen molar-refractivity contribution in [3.63, 3.8) is 0 Å². The molecule has 0 aliphatic carbocycles. The lowest BCUT2D eigenvalue weighted by Crippen LogP contribution is -2.47. The molecule has 0 bridgehead atoms. The highest BCUT2D eigenvalue weighted by Gasteiger charge is 2.35. The zero-order valence-corrected chi connectivity index (χ0v) is 14.0. The second-order valence-electron chi connectivity index (χ2n) is 5.47. The fraction of sp³-hybridized carbons (Fsp3) is 0.429. The fourth-order valence-electron chi connectivity index (χ4n) is 2.39. The number of rotatable bonds is 2. The van der Waals surface area contributed by atoms with Crippen molar-refractivity contribution in [3.05, 3.63) is 33.3 Å². The minimum Gasteiger partial charge on any atom is -0.409 e. The number of amides is 1. The number of nitrogens with zero attached hydrogens (tertiary/aromatic N) is 2. The van der Waals surface area contributed by atoms with Gasteiger partial charge >= 0.3 is 0 Å². The van der Waals surface area contributed by atoms with Gasteiger partial charge in [0.1, 0.15) is 5.84 Å². The first-order chi connectivity index (χ1) is 9.87. The lowest BCUT2D eigenvalue weighted by Gasteiger charge is -2.38. The Morgan fingerprint density at radius 3 is 2.62 bits per heavy atom. The number of nitrogens with two attached hydrogens (primary N) is 1. The van der Waals surface area contributed by atoms with Crippen molar-refractivity contribution in [1.82, 2.24) is 4.90 Å². The van der Waals surface area contributed by atoms with Crippen LogP contribution in [0.15, 0.2) is 27.8 Å². The Bertz CT molecular complexity index is 584. The lowest BCUT2D eigenvalue weighted by atomic mass is 9.79. The molecule has 1 aromatic rings. The molecular formula is C14H17BrClN3O2. The molecule has 3 N–H and O–H groups in total. The third-order valence-corrected chi connectivity index (χ3v) is 5.28. The quantitative estimate of drug-likeness (QED) is 0.361. The van der Waals surface area contributed by atoms with E-state index in [4.69, 9.17) is 22.5 Å². The first kappa shape index (κ1) is 16.1. The molecule has 1 amide bonds. The van der Waals surface area contributed by atoms with Crippen LogP contribution in [0.5, 0.6) is 0 Å². The van der Waals surface area contributed by atoms with Gasteiger partial charge < -0.3 is 15.8 Å². The number of amidine groups is 1. The summed E-state index contributed by atoms with van der Waals surface area (Å²) in [6.45, 7) is 3.08. The average molecular weight is 375 g/mol. The number of hydrogen-bond donors (Lipinski definition) is 2. The molecule has 1 aliphatic rings. The summed E-state index contributed by atoms with van der Waals surface area (Å²) in [5, 5.41) is 12.4. The highest BCUT2D eigenvalue weighted by molar-refractivity contribution is 9.10. The molecule has 1 heterocycles. The first-order valence-corrected chi connectivity index (χ1v) is 7.77. The van der Waals surface area contributed by atoms with Crippen molar-refractivity contribution in [1.29, 1.82) is 0 Å². The molecule has 0 atom stereocenters. The van der Waals surface area contributed by atoms with Gasteiger partial charge in [0.25, 0.3) is 5.91 Å². The van der Waals surface area contributed by atoms with Gasteiger partial charge in [0.15, 0.2) is 0 Å². The van der Waals surface area contributed by atoms with Gasteiger partial charge in [-0.2, -0.15) is 0 Å². The second-order valence-corrected chi connectivity index (χ2v) is 6.73. The second kappa shape index (κ2) is 6.23. The maximum atomic E-state index is 12.5. The van der Waals surface area contributed by atoms with E-state index >= 15 is 0 Å². The summed E-state index contributed by atoms with van der Waals surface area (Å²) < 4.78 is 0.763. The van der Waals surface area contributed by atoms with Crippen LogP contribution in [-0.4, -0.2) is 34.9 Å². The van der Waals surface area contributed by atoms with E-state index in [9.17, 15) is 4.79 Å². The Hall–Kier alpha value is -1.27. The number of benzene rings is 1. The van der Waals surface area contributed by atoms with Crippen LogP contribution in [0, 0.1) is 5.41 Å². The van der Waals surface area contributed by atoms with Crippen LogP contribution in [0.3, 0.4) is 0 Å². The molecule has 0 spiro atoms. The van der Waals surface area contributed by atoms with E-state index in [2.05, 4.69) is 21.1 Å². The third kappa shape index (κ3) is 3.32. The fourth-order valence-corrected chi connectivity index (χ4v) is 2.82. The number of carbonyl (C=O) groups is 1. The minimum absolute atomic E-state index is 0.0500. The van der Waals surface area contributed by atoms with Gasteiger partial charge in [-0.3, -0.25) is 4.79 Å². The van der Waals surface area contributed by atoms with Crippen molar-refractivity contribution in [3.8, 4) is 0 Å². The lowest BCUT2D eigenvalue weighted by molar-refractivity contribution is 0.0666. The van der Waals surface area contributed by atoms with E-state index in [0.717, 1.165) is 4.47 Å². The molecule has 21 heavy (non-hydrogen) atoms. The number of piperidine rings is 1. The molecule has 1 fully saturated rings. The summed E-state index contributed by atoms with van der Waals surface area (Å²) >= 11 is 9.33. The van der Waals surface area contributed by atoms with E-state index in [1.54, 1.807) is 23.1 Å². The average Bonchev–Trinajstić information content (AvgIpc) is 2.49. The van der Waals surface area contributed by atoms with Gasteiger partial charge in [-0.05, 0) is 47.0 Å². The van der Waals surface area contributed by atoms with Crippen LogP contribution in [0.1, 0.15) is 30.1 Å². The molecule has 7 heteroatoms. The SMILES string of the molecule is CC1(/C(N)=N/O)CCN(C(=O)c2ccc(Br)c(Cl)c2)CC1. The van der Waals surface area contributed by atoms with Crippen LogP contribution in [0.2, 0.25) is 5.02 Å². The van der Waals surface area contributed by atoms with Crippen molar-refractivity contribution < 1.29 is 10.0 Å². The van der Waals surface area contributed by atoms with E-state index in [1.807, 2.05) is 6.92 Å². The molecule has 1 aliphatic heterocycles. The number of hydrogen-bond acceptors (Lipinski definition) is 3. The Labute approximate surface area is 136 Å². The molecule has 0 radical (unpaired) electrons. The van der Waals surface area contributed by atoms with Crippen LogP contribution in [0.25, 0.3) is 0 Å². The molecule has 1 aromatic carbocycles. The molecule has 2 rings (SSSR count). The first-order valence-electron chi connectivity index (χ1n) is 6.60. The molecule has 5 nitrogen and oxygen atoms in total. The van der Waals surface area contributed by atoms with Crippen LogP contribution < -0.4 is 5.73 Å². The summed E-state index contributed by atoms with van der Waals surface area (Å²) in [6, 6.07) is 5.17. The molecule has 1 saturated heterocycles. The van der Waals surface area contributed by atoms with Crippen molar-refractivity contribution in [2.45, 2.75) is 19.8 Å². The van der Waals surface area contributed by atoms with Crippen LogP contribution >= 0.6 is 27.5 Å². The van der Waals surface area contributed by atoms with Crippen LogP contribution in [-0.2, 0) is 0 Å². The minimum atomic E-state index is -0.358. The molecule has 0 aromatic heterocycles. The summed E-state index contributed by atoms with van der Waals surface area (Å²) in [6.07, 6.45) is 1.33. The Balaban J connectivity index is 2.08. The Morgan fingerprint density at radius 1 is 1.48 bits per heavy atom. The van der Waals surface area contributed by atoms with E-state index in [1.165, 1.54) is 0 Å². The summed E-state index contributed by atoms with van der Waals surface area (Å²) in [7, 11) is 0. The van der Waals surface area contributed by atoms with Crippen LogP contribution in [0.4, 0.5) is 0 Å². The van der Waals surface area contributed by atoms with Gasteiger partial charge in [-0.25, -0.2) is 0 Å². The van der Waals surface area contributed by atoms with E-state index < -0.39 is 0 Å². The number of oxime groups is 1. The predicted octanol–water partition coefficient (Wildman–Crippen LogP) is 3.09. The molecule has 0 unspecified atom stereocenters. The van der Waals surface area contributed by atoms with Gasteiger partial charge in [0, 0.05) is 28.5 Å². The van der Waals surface area contributed by atoms with Crippen molar-refractivity contribution in [2.75, 3.05) is 13.1 Å².